The molecule has 0 saturated carbocycles. The summed E-state index contributed by atoms with van der Waals surface area (Å²) in [6.07, 6.45) is 3.02. The van der Waals surface area contributed by atoms with E-state index in [1.807, 2.05) is 0 Å². The molecule has 4 nitrogen and oxygen atoms in total. The number of hydrogen-bond acceptors (Lipinski definition) is 4. The van der Waals surface area contributed by atoms with Crippen LogP contribution in [0.25, 0.3) is 0 Å². The Hall–Kier alpha value is -1.00. The van der Waals surface area contributed by atoms with Crippen LogP contribution in [0.15, 0.2) is 12.4 Å². The monoisotopic (exact) mass is 168 g/mol. The molecule has 1 aromatic rings. The molecule has 0 unspecified atom stereocenters. The first kappa shape index (κ1) is 9.09. The van der Waals surface area contributed by atoms with Gasteiger partial charge in [0.25, 0.3) is 0 Å². The van der Waals surface area contributed by atoms with Gasteiger partial charge in [0.05, 0.1) is 23.7 Å². The lowest BCUT2D eigenvalue weighted by Crippen LogP contribution is -2.00. The number of rotatable bonds is 3. The smallest absolute Gasteiger partial charge is 0.0947 e. The summed E-state index contributed by atoms with van der Waals surface area (Å²) < 4.78 is 0. The molecule has 1 aromatic heterocycles. The SMILES string of the molecule is C[C@@H](O)c1cnc(CCO)cn1. The molecule has 1 atom stereocenters. The van der Waals surface area contributed by atoms with Gasteiger partial charge in [0.2, 0.25) is 0 Å². The van der Waals surface area contributed by atoms with E-state index in [-0.39, 0.29) is 6.61 Å². The average molecular weight is 168 g/mol. The van der Waals surface area contributed by atoms with Gasteiger partial charge in [-0.3, -0.25) is 9.97 Å². The highest BCUT2D eigenvalue weighted by Crippen LogP contribution is 2.06. The molecule has 66 valence electrons. The van der Waals surface area contributed by atoms with Crippen molar-refractivity contribution in [1.82, 2.24) is 9.97 Å². The van der Waals surface area contributed by atoms with E-state index < -0.39 is 6.10 Å². The van der Waals surface area contributed by atoms with Crippen LogP contribution < -0.4 is 0 Å². The van der Waals surface area contributed by atoms with Crippen LogP contribution in [0.2, 0.25) is 0 Å². The third kappa shape index (κ3) is 2.25. The van der Waals surface area contributed by atoms with Gasteiger partial charge in [0.15, 0.2) is 0 Å². The van der Waals surface area contributed by atoms with Crippen LogP contribution in [-0.4, -0.2) is 26.8 Å². The fraction of sp³-hybridized carbons (Fsp3) is 0.500. The molecule has 0 bridgehead atoms. The molecule has 0 amide bonds. The van der Waals surface area contributed by atoms with Crippen LogP contribution in [0.1, 0.15) is 24.4 Å². The molecule has 12 heavy (non-hydrogen) atoms. The maximum atomic E-state index is 9.09. The highest BCUT2D eigenvalue weighted by atomic mass is 16.3. The zero-order valence-corrected chi connectivity index (χ0v) is 6.94. The van der Waals surface area contributed by atoms with E-state index >= 15 is 0 Å². The Kier molecular flexibility index (Phi) is 3.13. The lowest BCUT2D eigenvalue weighted by molar-refractivity contribution is 0.193. The summed E-state index contributed by atoms with van der Waals surface area (Å²) in [5.74, 6) is 0. The Labute approximate surface area is 70.9 Å². The predicted octanol–water partition coefficient (Wildman–Crippen LogP) is 0.0647. The maximum absolute atomic E-state index is 9.09. The van der Waals surface area contributed by atoms with Crippen molar-refractivity contribution in [2.24, 2.45) is 0 Å². The van der Waals surface area contributed by atoms with E-state index in [1.54, 1.807) is 13.1 Å². The van der Waals surface area contributed by atoms with Gasteiger partial charge in [0, 0.05) is 19.2 Å². The first-order chi connectivity index (χ1) is 5.74. The molecule has 0 radical (unpaired) electrons. The molecule has 0 aliphatic heterocycles. The van der Waals surface area contributed by atoms with E-state index in [2.05, 4.69) is 9.97 Å². The quantitative estimate of drug-likeness (QED) is 0.670. The number of aliphatic hydroxyl groups excluding tert-OH is 2. The second kappa shape index (κ2) is 4.13. The molecule has 1 heterocycles. The van der Waals surface area contributed by atoms with Crippen molar-refractivity contribution in [3.63, 3.8) is 0 Å². The first-order valence-electron chi connectivity index (χ1n) is 3.83. The van der Waals surface area contributed by atoms with Crippen molar-refractivity contribution < 1.29 is 10.2 Å². The van der Waals surface area contributed by atoms with Gasteiger partial charge >= 0.3 is 0 Å². The second-order valence-corrected chi connectivity index (χ2v) is 2.58. The fourth-order valence-electron chi connectivity index (χ4n) is 0.824. The van der Waals surface area contributed by atoms with Gasteiger partial charge in [-0.25, -0.2) is 0 Å². The molecular weight excluding hydrogens is 156 g/mol. The summed E-state index contributed by atoms with van der Waals surface area (Å²) in [7, 11) is 0. The molecule has 2 N–H and O–H groups in total. The van der Waals surface area contributed by atoms with Crippen molar-refractivity contribution in [3.05, 3.63) is 23.8 Å². The van der Waals surface area contributed by atoms with Gasteiger partial charge < -0.3 is 10.2 Å². The standard InChI is InChI=1S/C8H12N2O2/c1-6(12)8-5-9-7(2-3-11)4-10-8/h4-6,11-12H,2-3H2,1H3/t6-/m1/s1. The fourth-order valence-corrected chi connectivity index (χ4v) is 0.824. The van der Waals surface area contributed by atoms with E-state index in [1.165, 1.54) is 6.20 Å². The van der Waals surface area contributed by atoms with Crippen molar-refractivity contribution in [1.29, 1.82) is 0 Å². The normalized spacial score (nSPS) is 12.9. The minimum Gasteiger partial charge on any atom is -0.396 e. The molecule has 0 aromatic carbocycles. The van der Waals surface area contributed by atoms with Crippen molar-refractivity contribution in [3.8, 4) is 0 Å². The Balaban J connectivity index is 2.71. The Morgan fingerprint density at radius 1 is 1.42 bits per heavy atom. The summed E-state index contributed by atoms with van der Waals surface area (Å²) in [4.78, 5) is 7.98. The van der Waals surface area contributed by atoms with Crippen LogP contribution in [0.3, 0.4) is 0 Å². The van der Waals surface area contributed by atoms with Crippen LogP contribution in [-0.2, 0) is 6.42 Å². The Bertz CT molecular complexity index is 233. The van der Waals surface area contributed by atoms with Crippen LogP contribution in [0, 0.1) is 0 Å². The molecule has 1 rings (SSSR count). The molecule has 0 fully saturated rings. The molecule has 0 aliphatic carbocycles. The zero-order chi connectivity index (χ0) is 8.97. The lowest BCUT2D eigenvalue weighted by Gasteiger charge is -2.02. The van der Waals surface area contributed by atoms with Crippen LogP contribution >= 0.6 is 0 Å². The van der Waals surface area contributed by atoms with Crippen molar-refractivity contribution in [2.75, 3.05) is 6.61 Å². The largest absolute Gasteiger partial charge is 0.396 e. The second-order valence-electron chi connectivity index (χ2n) is 2.58. The zero-order valence-electron chi connectivity index (χ0n) is 6.94. The van der Waals surface area contributed by atoms with Crippen LogP contribution in [0.5, 0.6) is 0 Å². The Morgan fingerprint density at radius 3 is 2.58 bits per heavy atom. The van der Waals surface area contributed by atoms with E-state index in [4.69, 9.17) is 10.2 Å². The first-order valence-corrected chi connectivity index (χ1v) is 3.83. The van der Waals surface area contributed by atoms with E-state index in [0.29, 0.717) is 12.1 Å². The molecular formula is C8H12N2O2. The minimum absolute atomic E-state index is 0.0721. The predicted molar refractivity (Wildman–Crippen MR) is 43.5 cm³/mol. The topological polar surface area (TPSA) is 66.2 Å². The van der Waals surface area contributed by atoms with Gasteiger partial charge in [-0.2, -0.15) is 0 Å². The maximum Gasteiger partial charge on any atom is 0.0947 e. The van der Waals surface area contributed by atoms with E-state index in [0.717, 1.165) is 5.69 Å². The number of aliphatic hydroxyl groups is 2. The van der Waals surface area contributed by atoms with Gasteiger partial charge in [0.1, 0.15) is 0 Å². The molecule has 0 saturated heterocycles. The minimum atomic E-state index is -0.583. The average Bonchev–Trinajstić information content (AvgIpc) is 2.06. The number of hydrogen-bond donors (Lipinski definition) is 2. The van der Waals surface area contributed by atoms with Crippen molar-refractivity contribution in [2.45, 2.75) is 19.4 Å². The molecule has 0 spiro atoms. The number of aromatic nitrogens is 2. The van der Waals surface area contributed by atoms with E-state index in [9.17, 15) is 0 Å². The molecule has 4 heteroatoms. The highest BCUT2D eigenvalue weighted by molar-refractivity contribution is 5.04. The third-order valence-electron chi connectivity index (χ3n) is 1.52. The summed E-state index contributed by atoms with van der Waals surface area (Å²) in [5, 5.41) is 17.7. The Morgan fingerprint density at radius 2 is 2.17 bits per heavy atom. The lowest BCUT2D eigenvalue weighted by atomic mass is 10.3. The van der Waals surface area contributed by atoms with Gasteiger partial charge in [-0.05, 0) is 6.92 Å². The van der Waals surface area contributed by atoms with Gasteiger partial charge in [-0.15, -0.1) is 0 Å². The number of nitrogens with zero attached hydrogens (tertiary/aromatic N) is 2. The third-order valence-corrected chi connectivity index (χ3v) is 1.52. The summed E-state index contributed by atoms with van der Waals surface area (Å²) in [6.45, 7) is 1.71. The highest BCUT2D eigenvalue weighted by Gasteiger charge is 2.02. The van der Waals surface area contributed by atoms with Crippen molar-refractivity contribution >= 4 is 0 Å². The molecule has 0 aliphatic rings. The summed E-state index contributed by atoms with van der Waals surface area (Å²) in [5.41, 5.74) is 1.29. The van der Waals surface area contributed by atoms with Gasteiger partial charge in [-0.1, -0.05) is 0 Å². The van der Waals surface area contributed by atoms with Crippen LogP contribution in [0.4, 0.5) is 0 Å². The summed E-state index contributed by atoms with van der Waals surface area (Å²) >= 11 is 0. The summed E-state index contributed by atoms with van der Waals surface area (Å²) in [6, 6.07) is 0.